The fraction of sp³-hybridized carbons (Fsp3) is 0.474. The molecule has 0 unspecified atom stereocenters. The highest BCUT2D eigenvalue weighted by Crippen LogP contribution is 2.37. The Bertz CT molecular complexity index is 1610. The van der Waals surface area contributed by atoms with Crippen LogP contribution in [0.2, 0.25) is 0 Å². The number of likely N-dealkylation sites (tertiary alicyclic amines) is 1. The molecule has 1 aliphatic heterocycles. The number of hydrogen-bond donors (Lipinski definition) is 0. The molecule has 0 spiro atoms. The van der Waals surface area contributed by atoms with Crippen LogP contribution in [0.25, 0.3) is 27.8 Å². The lowest BCUT2D eigenvalue weighted by Crippen LogP contribution is -2.46. The fourth-order valence-electron chi connectivity index (χ4n) is 6.97. The van der Waals surface area contributed by atoms with Gasteiger partial charge in [0.1, 0.15) is 12.1 Å². The molecule has 1 saturated carbocycles. The monoisotopic (exact) mass is 626 g/mol. The average Bonchev–Trinajstić information content (AvgIpc) is 3.49. The number of carbonyl (C=O) groups is 3. The van der Waals surface area contributed by atoms with Crippen LogP contribution in [0.1, 0.15) is 70.8 Å². The molecule has 2 aliphatic rings. The van der Waals surface area contributed by atoms with Gasteiger partial charge in [-0.05, 0) is 48.3 Å². The van der Waals surface area contributed by atoms with Crippen molar-refractivity contribution < 1.29 is 28.6 Å². The van der Waals surface area contributed by atoms with E-state index in [0.29, 0.717) is 12.3 Å². The lowest BCUT2D eigenvalue weighted by atomic mass is 9.77. The van der Waals surface area contributed by atoms with E-state index in [-0.39, 0.29) is 43.2 Å². The van der Waals surface area contributed by atoms with Crippen LogP contribution in [0.3, 0.4) is 0 Å². The van der Waals surface area contributed by atoms with Crippen molar-refractivity contribution in [2.24, 2.45) is 17.3 Å². The minimum atomic E-state index is -0.827. The minimum absolute atomic E-state index is 0.0230. The van der Waals surface area contributed by atoms with Gasteiger partial charge in [0, 0.05) is 22.6 Å². The molecule has 2 aromatic carbocycles. The second-order valence-corrected chi connectivity index (χ2v) is 13.5. The minimum Gasteiger partial charge on any atom is -0.472 e. The van der Waals surface area contributed by atoms with E-state index in [1.165, 1.54) is 7.11 Å². The van der Waals surface area contributed by atoms with Crippen LogP contribution in [0, 0.1) is 17.3 Å². The molecular weight excluding hydrogens is 580 g/mol. The molecule has 46 heavy (non-hydrogen) atoms. The molecule has 1 saturated heterocycles. The number of benzene rings is 2. The topological polar surface area (TPSA) is 95.0 Å². The number of carbonyl (C=O) groups excluding carboxylic acids is 3. The molecule has 244 valence electrons. The molecule has 0 bridgehead atoms. The number of methoxy groups -OCH3 is 1. The third kappa shape index (κ3) is 7.43. The zero-order chi connectivity index (χ0) is 32.8. The van der Waals surface area contributed by atoms with E-state index in [1.807, 2.05) is 62.4 Å². The number of fused-ring (bicyclic) bond motifs is 3. The lowest BCUT2D eigenvalue weighted by Gasteiger charge is -2.33. The summed E-state index contributed by atoms with van der Waals surface area (Å²) in [7, 11) is 1.33. The summed E-state index contributed by atoms with van der Waals surface area (Å²) in [5.74, 6) is -1.23. The predicted octanol–water partition coefficient (Wildman–Crippen LogP) is 7.28. The lowest BCUT2D eigenvalue weighted by molar-refractivity contribution is -0.156. The van der Waals surface area contributed by atoms with Gasteiger partial charge in [0.05, 0.1) is 38.1 Å². The van der Waals surface area contributed by atoms with Crippen LogP contribution in [0.15, 0.2) is 61.7 Å². The van der Waals surface area contributed by atoms with Crippen LogP contribution in [-0.4, -0.2) is 60.1 Å². The van der Waals surface area contributed by atoms with Gasteiger partial charge in [-0.25, -0.2) is 9.78 Å². The zero-order valence-electron chi connectivity index (χ0n) is 27.3. The summed E-state index contributed by atoms with van der Waals surface area (Å²) >= 11 is 0. The highest BCUT2D eigenvalue weighted by molar-refractivity contribution is 6.08. The number of allylic oxidation sites excluding steroid dienone is 1. The first-order valence-corrected chi connectivity index (χ1v) is 16.4. The van der Waals surface area contributed by atoms with Gasteiger partial charge in [-0.15, -0.1) is 6.58 Å². The summed E-state index contributed by atoms with van der Waals surface area (Å²) in [6, 6.07) is 13.1. The summed E-state index contributed by atoms with van der Waals surface area (Å²) < 4.78 is 17.4. The summed E-state index contributed by atoms with van der Waals surface area (Å²) in [6.45, 7) is 12.2. The number of rotatable bonds is 12. The van der Waals surface area contributed by atoms with Gasteiger partial charge < -0.3 is 19.1 Å². The molecule has 1 aliphatic carbocycles. The normalized spacial score (nSPS) is 19.5. The van der Waals surface area contributed by atoms with Crippen LogP contribution in [0.5, 0.6) is 5.88 Å². The van der Waals surface area contributed by atoms with Crippen molar-refractivity contribution in [2.75, 3.05) is 20.3 Å². The van der Waals surface area contributed by atoms with Crippen LogP contribution in [0.4, 0.5) is 0 Å². The Morgan fingerprint density at radius 3 is 2.52 bits per heavy atom. The zero-order valence-corrected chi connectivity index (χ0v) is 27.3. The standard InChI is InChI=1S/C38H46N2O6/c1-6-19-38(3,4)24-45-34(41)22-30(26-13-9-8-10-14-26)36(42)40-23-27(21-33(40)37(43)44-5)46-35-31-20-25(7-2)17-18-28(31)29-15-11-12-16-32(29)39-35/h6-7,11-12,15-18,20,26-27,30,33H,1-2,8-10,13-14,19,21-24H2,3-5H3/t27-,30+,33+/m1/s1. The van der Waals surface area contributed by atoms with Crippen LogP contribution >= 0.6 is 0 Å². The van der Waals surface area contributed by atoms with Crippen molar-refractivity contribution in [3.05, 3.63) is 67.3 Å². The van der Waals surface area contributed by atoms with Gasteiger partial charge in [0.2, 0.25) is 11.8 Å². The number of hydrogen-bond acceptors (Lipinski definition) is 7. The highest BCUT2D eigenvalue weighted by atomic mass is 16.5. The first-order chi connectivity index (χ1) is 22.1. The molecule has 2 heterocycles. The third-order valence-corrected chi connectivity index (χ3v) is 9.47. The van der Waals surface area contributed by atoms with Crippen molar-refractivity contribution in [1.82, 2.24) is 9.88 Å². The Morgan fingerprint density at radius 1 is 1.04 bits per heavy atom. The maximum absolute atomic E-state index is 14.4. The van der Waals surface area contributed by atoms with E-state index in [1.54, 1.807) is 11.0 Å². The number of esters is 2. The molecule has 3 aromatic rings. The van der Waals surface area contributed by atoms with Crippen LogP contribution in [-0.2, 0) is 23.9 Å². The summed E-state index contributed by atoms with van der Waals surface area (Å²) in [6.07, 6.45) is 8.88. The molecule has 2 fully saturated rings. The fourth-order valence-corrected chi connectivity index (χ4v) is 6.97. The molecular formula is C38H46N2O6. The first kappa shape index (κ1) is 33.2. The van der Waals surface area contributed by atoms with Gasteiger partial charge in [-0.2, -0.15) is 0 Å². The number of para-hydroxylation sites is 1. The average molecular weight is 627 g/mol. The summed E-state index contributed by atoms with van der Waals surface area (Å²) in [5.41, 5.74) is 1.48. The Balaban J connectivity index is 1.41. The van der Waals surface area contributed by atoms with Gasteiger partial charge >= 0.3 is 11.9 Å². The van der Waals surface area contributed by atoms with Gasteiger partial charge in [0.15, 0.2) is 0 Å². The smallest absolute Gasteiger partial charge is 0.328 e. The van der Waals surface area contributed by atoms with Gasteiger partial charge in [-0.3, -0.25) is 9.59 Å². The van der Waals surface area contributed by atoms with E-state index in [2.05, 4.69) is 13.2 Å². The number of amides is 1. The van der Waals surface area contributed by atoms with Crippen LogP contribution < -0.4 is 4.74 Å². The molecule has 1 aromatic heterocycles. The number of pyridine rings is 1. The second-order valence-electron chi connectivity index (χ2n) is 13.5. The predicted molar refractivity (Wildman–Crippen MR) is 180 cm³/mol. The quantitative estimate of drug-likeness (QED) is 0.118. The molecule has 8 heteroatoms. The van der Waals surface area contributed by atoms with Gasteiger partial charge in [-0.1, -0.05) is 82.2 Å². The number of ether oxygens (including phenoxy) is 3. The Hall–Kier alpha value is -4.20. The Labute approximate surface area is 271 Å². The summed E-state index contributed by atoms with van der Waals surface area (Å²) in [5, 5.41) is 2.83. The number of aromatic nitrogens is 1. The Morgan fingerprint density at radius 2 is 1.80 bits per heavy atom. The van der Waals surface area contributed by atoms with Crippen molar-refractivity contribution >= 4 is 45.6 Å². The second kappa shape index (κ2) is 14.5. The highest BCUT2D eigenvalue weighted by Gasteiger charge is 2.45. The van der Waals surface area contributed by atoms with E-state index in [0.717, 1.165) is 59.3 Å². The first-order valence-electron chi connectivity index (χ1n) is 16.4. The van der Waals surface area contributed by atoms with E-state index in [4.69, 9.17) is 19.2 Å². The summed E-state index contributed by atoms with van der Waals surface area (Å²) in [4.78, 5) is 47.1. The van der Waals surface area contributed by atoms with Crippen molar-refractivity contribution in [1.29, 1.82) is 0 Å². The molecule has 1 amide bonds. The van der Waals surface area contributed by atoms with E-state index in [9.17, 15) is 14.4 Å². The maximum atomic E-state index is 14.4. The van der Waals surface area contributed by atoms with E-state index >= 15 is 0 Å². The molecule has 5 rings (SSSR count). The molecule has 8 nitrogen and oxygen atoms in total. The molecule has 3 atom stereocenters. The Kier molecular flexibility index (Phi) is 10.4. The van der Waals surface area contributed by atoms with Crippen molar-refractivity contribution in [3.8, 4) is 5.88 Å². The van der Waals surface area contributed by atoms with Gasteiger partial charge in [0.25, 0.3) is 0 Å². The maximum Gasteiger partial charge on any atom is 0.328 e. The van der Waals surface area contributed by atoms with E-state index < -0.39 is 30.0 Å². The molecule has 0 N–H and O–H groups in total. The number of nitrogens with zero attached hydrogens (tertiary/aromatic N) is 2. The molecule has 0 radical (unpaired) electrons. The van der Waals surface area contributed by atoms with Crippen molar-refractivity contribution in [3.63, 3.8) is 0 Å². The third-order valence-electron chi connectivity index (χ3n) is 9.47. The largest absolute Gasteiger partial charge is 0.472 e. The van der Waals surface area contributed by atoms with Crippen molar-refractivity contribution in [2.45, 2.75) is 77.4 Å². The SMILES string of the molecule is C=CCC(C)(C)COC(=O)C[C@H](C(=O)N1C[C@H](Oc2nc3ccccc3c3ccc(C=C)cc23)C[C@H]1C(=O)OC)C1CCCCC1.